The predicted molar refractivity (Wildman–Crippen MR) is 23.6 cm³/mol. The smallest absolute Gasteiger partial charge is 1.00 e. The van der Waals surface area contributed by atoms with Gasteiger partial charge in [0.25, 0.3) is 0 Å². The normalized spacial score (nSPS) is 7.86. The maximum Gasteiger partial charge on any atom is 1.00 e. The van der Waals surface area contributed by atoms with Gasteiger partial charge in [0.1, 0.15) is 0 Å². The third kappa shape index (κ3) is 7.52. The molecule has 7 heavy (non-hydrogen) atoms. The van der Waals surface area contributed by atoms with Crippen LogP contribution in [-0.4, -0.2) is 11.1 Å². The summed E-state index contributed by atoms with van der Waals surface area (Å²) in [5.41, 5.74) is 0. The number of carboxylic acid groups (broad SMARTS) is 1. The molecular formula is C4H9CsO2. The van der Waals surface area contributed by atoms with Crippen molar-refractivity contribution in [1.29, 1.82) is 0 Å². The fraction of sp³-hybridized carbons (Fsp3) is 0.750. The molecule has 0 atom stereocenters. The Morgan fingerprint density at radius 3 is 1.86 bits per heavy atom. The molecule has 0 bridgehead atoms. The molecule has 0 amide bonds. The zero-order chi connectivity index (χ0) is 5.15. The zero-order valence-corrected chi connectivity index (χ0v) is 11.2. The summed E-state index contributed by atoms with van der Waals surface area (Å²) in [5, 5.41) is 7.99. The molecule has 0 aliphatic heterocycles. The molecule has 0 aromatic heterocycles. The summed E-state index contributed by atoms with van der Waals surface area (Å²) in [5.74, 6) is -0.972. The van der Waals surface area contributed by atoms with E-state index in [1.165, 1.54) is 0 Å². The van der Waals surface area contributed by atoms with Crippen LogP contribution in [0.15, 0.2) is 0 Å². The monoisotopic (exact) mass is 222 g/mol. The van der Waals surface area contributed by atoms with Gasteiger partial charge >= 0.3 is 74.9 Å². The van der Waals surface area contributed by atoms with Crippen molar-refractivity contribution in [2.75, 3.05) is 0 Å². The summed E-state index contributed by atoms with van der Waals surface area (Å²) in [7, 11) is 0. The minimum atomic E-state index is -0.741. The van der Waals surface area contributed by atoms with Crippen molar-refractivity contribution in [3.63, 3.8) is 0 Å². The molecule has 0 unspecified atom stereocenters. The maximum atomic E-state index is 9.70. The zero-order valence-electron chi connectivity index (χ0n) is 5.93. The molecular weight excluding hydrogens is 213 g/mol. The number of rotatable bonds is 1. The van der Waals surface area contributed by atoms with Crippen LogP contribution in [-0.2, 0) is 4.79 Å². The van der Waals surface area contributed by atoms with E-state index in [0.717, 1.165) is 0 Å². The van der Waals surface area contributed by atoms with Crippen LogP contribution in [0.4, 0.5) is 0 Å². The third-order valence-electron chi connectivity index (χ3n) is 0.494. The second-order valence-corrected chi connectivity index (χ2v) is 1.49. The van der Waals surface area contributed by atoms with E-state index in [9.17, 15) is 4.79 Å². The molecule has 0 spiro atoms. The molecule has 38 valence electrons. The minimum Gasteiger partial charge on any atom is -1.00 e. The van der Waals surface area contributed by atoms with Gasteiger partial charge in [-0.25, -0.2) is 0 Å². The largest absolute Gasteiger partial charge is 1.00 e. The van der Waals surface area contributed by atoms with Gasteiger partial charge in [-0.1, -0.05) is 13.8 Å². The average Bonchev–Trinajstić information content (AvgIpc) is 1.36. The van der Waals surface area contributed by atoms with Crippen molar-refractivity contribution in [2.45, 2.75) is 13.8 Å². The average molecular weight is 222 g/mol. The molecule has 3 heteroatoms. The second-order valence-electron chi connectivity index (χ2n) is 1.49. The molecule has 0 aromatic carbocycles. The Hall–Kier alpha value is 1.52. The van der Waals surface area contributed by atoms with Gasteiger partial charge in [0.05, 0.1) is 5.92 Å². The number of carboxylic acids is 1. The molecule has 2 nitrogen and oxygen atoms in total. The fourth-order valence-corrected chi connectivity index (χ4v) is 0. The van der Waals surface area contributed by atoms with E-state index in [4.69, 9.17) is 5.11 Å². The van der Waals surface area contributed by atoms with Gasteiger partial charge < -0.3 is 6.53 Å². The van der Waals surface area contributed by atoms with Gasteiger partial charge in [0.2, 0.25) is 0 Å². The van der Waals surface area contributed by atoms with E-state index in [1.54, 1.807) is 13.8 Å². The Morgan fingerprint density at radius 2 is 1.86 bits per heavy atom. The van der Waals surface area contributed by atoms with Crippen molar-refractivity contribution in [1.82, 2.24) is 0 Å². The topological polar surface area (TPSA) is 37.3 Å². The molecule has 0 heterocycles. The van der Waals surface area contributed by atoms with Gasteiger partial charge in [-0.15, -0.1) is 0 Å². The summed E-state index contributed by atoms with van der Waals surface area (Å²) < 4.78 is 0. The molecule has 0 fully saturated rings. The molecule has 0 aliphatic carbocycles. The summed E-state index contributed by atoms with van der Waals surface area (Å²) >= 11 is 0. The first-order valence-corrected chi connectivity index (χ1v) is 1.87. The van der Waals surface area contributed by atoms with Gasteiger partial charge in [0.15, 0.2) is 0 Å². The Labute approximate surface area is 104 Å². The van der Waals surface area contributed by atoms with E-state index < -0.39 is 5.97 Å². The molecule has 0 saturated heterocycles. The molecule has 0 aromatic rings. The number of aliphatic carboxylic acids is 1. The molecule has 0 saturated carbocycles. The Morgan fingerprint density at radius 1 is 1.71 bits per heavy atom. The summed E-state index contributed by atoms with van der Waals surface area (Å²) in [4.78, 5) is 9.70. The summed E-state index contributed by atoms with van der Waals surface area (Å²) in [6, 6.07) is 0. The Bertz CT molecular complexity index is 65.1. The third-order valence-corrected chi connectivity index (χ3v) is 0.494. The first-order valence-electron chi connectivity index (χ1n) is 1.87. The van der Waals surface area contributed by atoms with Crippen LogP contribution in [0, 0.1) is 5.92 Å². The van der Waals surface area contributed by atoms with Crippen molar-refractivity contribution >= 4 is 5.97 Å². The minimum absolute atomic E-state index is 0. The van der Waals surface area contributed by atoms with Crippen molar-refractivity contribution in [3.05, 3.63) is 0 Å². The van der Waals surface area contributed by atoms with Crippen LogP contribution >= 0.6 is 0 Å². The van der Waals surface area contributed by atoms with Gasteiger partial charge in [0, 0.05) is 0 Å². The van der Waals surface area contributed by atoms with Gasteiger partial charge in [-0.2, -0.15) is 0 Å². The first-order chi connectivity index (χ1) is 2.64. The molecule has 0 radical (unpaired) electrons. The van der Waals surface area contributed by atoms with E-state index in [2.05, 4.69) is 0 Å². The van der Waals surface area contributed by atoms with Crippen LogP contribution < -0.4 is 68.9 Å². The maximum absolute atomic E-state index is 9.70. The fourth-order valence-electron chi connectivity index (χ4n) is 0. The van der Waals surface area contributed by atoms with E-state index in [-0.39, 0.29) is 76.2 Å². The number of hydrogen-bond acceptors (Lipinski definition) is 1. The van der Waals surface area contributed by atoms with Crippen LogP contribution in [0.3, 0.4) is 0 Å². The summed E-state index contributed by atoms with van der Waals surface area (Å²) in [6.45, 7) is 3.28. The van der Waals surface area contributed by atoms with Crippen LogP contribution in [0.5, 0.6) is 0 Å². The first kappa shape index (κ1) is 11.3. The van der Waals surface area contributed by atoms with E-state index >= 15 is 0 Å². The van der Waals surface area contributed by atoms with E-state index in [1.807, 2.05) is 0 Å². The van der Waals surface area contributed by atoms with Gasteiger partial charge in [-0.05, 0) is 0 Å². The quantitative estimate of drug-likeness (QED) is 0.549. The van der Waals surface area contributed by atoms with E-state index in [0.29, 0.717) is 0 Å². The van der Waals surface area contributed by atoms with Crippen LogP contribution in [0.2, 0.25) is 0 Å². The predicted octanol–water partition coefficient (Wildman–Crippen LogP) is -2.16. The Kier molecular flexibility index (Phi) is 9.16. The molecule has 0 rings (SSSR count). The molecule has 0 aliphatic rings. The second kappa shape index (κ2) is 5.65. The SMILES string of the molecule is CC(C)C(=O)O.[Cs+].[H-]. The summed E-state index contributed by atoms with van der Waals surface area (Å²) in [6.07, 6.45) is 0. The number of carbonyl (C=O) groups is 1. The Balaban J connectivity index is -0.000000125. The van der Waals surface area contributed by atoms with Crippen LogP contribution in [0.25, 0.3) is 0 Å². The molecule has 1 N–H and O–H groups in total. The van der Waals surface area contributed by atoms with Crippen molar-refractivity contribution in [2.24, 2.45) is 5.92 Å². The van der Waals surface area contributed by atoms with Gasteiger partial charge in [-0.3, -0.25) is 4.79 Å². The number of hydrogen-bond donors (Lipinski definition) is 1. The standard InChI is InChI=1S/C4H8O2.Cs.H/c1-3(2)4(5)6;;/h3H,1-2H3,(H,5,6);;/q;+1;-1. The van der Waals surface area contributed by atoms with Crippen molar-refractivity contribution in [3.8, 4) is 0 Å². The van der Waals surface area contributed by atoms with Crippen molar-refractivity contribution < 1.29 is 80.2 Å². The van der Waals surface area contributed by atoms with Crippen LogP contribution in [0.1, 0.15) is 15.3 Å².